The van der Waals surface area contributed by atoms with Crippen LogP contribution < -0.4 is 5.32 Å². The van der Waals surface area contributed by atoms with Gasteiger partial charge in [-0.25, -0.2) is 8.42 Å². The molecule has 6 heteroatoms. The Bertz CT molecular complexity index is 1370. The second-order valence-electron chi connectivity index (χ2n) is 7.74. The Morgan fingerprint density at radius 3 is 2.45 bits per heavy atom. The summed E-state index contributed by atoms with van der Waals surface area (Å²) in [7, 11) is -3.83. The molecule has 0 atom stereocenters. The first-order valence-electron chi connectivity index (χ1n) is 10.1. The molecule has 0 radical (unpaired) electrons. The Kier molecular flexibility index (Phi) is 5.65. The number of nitrogens with one attached hydrogen (secondary N) is 1. The zero-order valence-corrected chi connectivity index (χ0v) is 18.3. The van der Waals surface area contributed by atoms with Crippen LogP contribution in [0.15, 0.2) is 83.9 Å². The Labute approximate surface area is 182 Å². The summed E-state index contributed by atoms with van der Waals surface area (Å²) in [4.78, 5) is 12.7. The van der Waals surface area contributed by atoms with Crippen molar-refractivity contribution in [1.82, 2.24) is 4.57 Å². The number of para-hydroxylation sites is 1. The van der Waals surface area contributed by atoms with E-state index in [0.29, 0.717) is 17.6 Å². The molecule has 1 amide bonds. The molecule has 0 fully saturated rings. The van der Waals surface area contributed by atoms with Gasteiger partial charge in [0.1, 0.15) is 5.75 Å². The number of aromatic nitrogens is 1. The van der Waals surface area contributed by atoms with Crippen molar-refractivity contribution in [3.63, 3.8) is 0 Å². The van der Waals surface area contributed by atoms with Gasteiger partial charge in [-0.3, -0.25) is 4.79 Å². The Morgan fingerprint density at radius 2 is 1.68 bits per heavy atom. The van der Waals surface area contributed by atoms with Gasteiger partial charge >= 0.3 is 0 Å². The van der Waals surface area contributed by atoms with Crippen molar-refractivity contribution in [1.29, 1.82) is 0 Å². The molecule has 5 nitrogen and oxygen atoms in total. The second-order valence-corrected chi connectivity index (χ2v) is 9.70. The van der Waals surface area contributed by atoms with Crippen molar-refractivity contribution in [3.05, 3.63) is 95.7 Å². The van der Waals surface area contributed by atoms with Crippen LogP contribution in [0, 0.1) is 13.8 Å². The number of benzene rings is 3. The number of aryl methyl sites for hydroxylation is 2. The summed E-state index contributed by atoms with van der Waals surface area (Å²) < 4.78 is 28.3. The molecule has 3 aromatic carbocycles. The first-order chi connectivity index (χ1) is 14.8. The predicted molar refractivity (Wildman–Crippen MR) is 124 cm³/mol. The van der Waals surface area contributed by atoms with Crippen molar-refractivity contribution in [2.45, 2.75) is 25.3 Å². The van der Waals surface area contributed by atoms with Gasteiger partial charge in [0.15, 0.2) is 9.84 Å². The van der Waals surface area contributed by atoms with Crippen molar-refractivity contribution < 1.29 is 13.2 Å². The normalized spacial score (nSPS) is 11.5. The van der Waals surface area contributed by atoms with Crippen LogP contribution in [0.2, 0.25) is 0 Å². The molecule has 0 bridgehead atoms. The molecule has 31 heavy (non-hydrogen) atoms. The van der Waals surface area contributed by atoms with Gasteiger partial charge in [0.05, 0.1) is 4.90 Å². The van der Waals surface area contributed by atoms with E-state index in [-0.39, 0.29) is 4.90 Å². The van der Waals surface area contributed by atoms with Gasteiger partial charge in [0.2, 0.25) is 5.91 Å². The van der Waals surface area contributed by atoms with Crippen LogP contribution in [0.4, 0.5) is 5.69 Å². The van der Waals surface area contributed by atoms with Crippen LogP contribution in [0.1, 0.15) is 16.7 Å². The third kappa shape index (κ3) is 4.54. The number of fused-ring (bicyclic) bond motifs is 1. The standard InChI is InChI=1S/C25H24N2O3S/c1-18-8-7-11-21(14-18)26-25(28)17-31(29,30)24-16-27(23-13-6-5-12-22(23)24)15-20-10-4-3-9-19(20)2/h3-14,16H,15,17H2,1-2H3,(H,26,28). The number of nitrogens with zero attached hydrogens (tertiary/aromatic N) is 1. The minimum absolute atomic E-state index is 0.177. The average Bonchev–Trinajstić information content (AvgIpc) is 3.09. The fraction of sp³-hybridized carbons (Fsp3) is 0.160. The maximum Gasteiger partial charge on any atom is 0.239 e. The number of hydrogen-bond donors (Lipinski definition) is 1. The molecule has 158 valence electrons. The molecule has 1 N–H and O–H groups in total. The molecule has 0 saturated carbocycles. The minimum Gasteiger partial charge on any atom is -0.342 e. The van der Waals surface area contributed by atoms with E-state index in [9.17, 15) is 13.2 Å². The van der Waals surface area contributed by atoms with Gasteiger partial charge < -0.3 is 9.88 Å². The second kappa shape index (κ2) is 8.40. The lowest BCUT2D eigenvalue weighted by atomic mass is 10.1. The molecular formula is C25H24N2O3S. The highest BCUT2D eigenvalue weighted by Crippen LogP contribution is 2.27. The van der Waals surface area contributed by atoms with E-state index < -0.39 is 21.5 Å². The van der Waals surface area contributed by atoms with Gasteiger partial charge in [-0.05, 0) is 48.7 Å². The lowest BCUT2D eigenvalue weighted by Crippen LogP contribution is -2.23. The summed E-state index contributed by atoms with van der Waals surface area (Å²) in [5.74, 6) is -1.17. The smallest absolute Gasteiger partial charge is 0.239 e. The van der Waals surface area contributed by atoms with E-state index in [1.165, 1.54) is 0 Å². The van der Waals surface area contributed by atoms with Gasteiger partial charge in [-0.2, -0.15) is 0 Å². The van der Waals surface area contributed by atoms with Crippen molar-refractivity contribution >= 4 is 32.3 Å². The number of carbonyl (C=O) groups excluding carboxylic acids is 1. The lowest BCUT2D eigenvalue weighted by Gasteiger charge is -2.08. The van der Waals surface area contributed by atoms with Gasteiger partial charge in [-0.1, -0.05) is 54.6 Å². The van der Waals surface area contributed by atoms with Crippen LogP contribution in [0.3, 0.4) is 0 Å². The number of sulfone groups is 1. The van der Waals surface area contributed by atoms with E-state index in [1.807, 2.05) is 73.0 Å². The fourth-order valence-corrected chi connectivity index (χ4v) is 5.10. The Hall–Kier alpha value is -3.38. The first-order valence-corrected chi connectivity index (χ1v) is 11.7. The number of hydrogen-bond acceptors (Lipinski definition) is 3. The molecule has 4 rings (SSSR count). The largest absolute Gasteiger partial charge is 0.342 e. The molecular weight excluding hydrogens is 408 g/mol. The summed E-state index contributed by atoms with van der Waals surface area (Å²) in [6.07, 6.45) is 1.65. The van der Waals surface area contributed by atoms with Crippen LogP contribution in [0.5, 0.6) is 0 Å². The van der Waals surface area contributed by atoms with Crippen molar-refractivity contribution in [3.8, 4) is 0 Å². The van der Waals surface area contributed by atoms with E-state index >= 15 is 0 Å². The number of carbonyl (C=O) groups is 1. The highest BCUT2D eigenvalue weighted by Gasteiger charge is 2.24. The summed E-state index contributed by atoms with van der Waals surface area (Å²) in [5, 5.41) is 3.31. The first kappa shape index (κ1) is 20.9. The van der Waals surface area contributed by atoms with Crippen molar-refractivity contribution in [2.24, 2.45) is 0 Å². The van der Waals surface area contributed by atoms with Crippen LogP contribution in [0.25, 0.3) is 10.9 Å². The summed E-state index contributed by atoms with van der Waals surface area (Å²) in [6.45, 7) is 4.50. The van der Waals surface area contributed by atoms with Crippen LogP contribution >= 0.6 is 0 Å². The zero-order chi connectivity index (χ0) is 22.0. The van der Waals surface area contributed by atoms with E-state index in [0.717, 1.165) is 22.2 Å². The zero-order valence-electron chi connectivity index (χ0n) is 17.5. The quantitative estimate of drug-likeness (QED) is 0.479. The van der Waals surface area contributed by atoms with E-state index in [2.05, 4.69) is 5.32 Å². The Balaban J connectivity index is 1.65. The summed E-state index contributed by atoms with van der Waals surface area (Å²) in [5.41, 5.74) is 4.65. The monoisotopic (exact) mass is 432 g/mol. The number of anilines is 1. The highest BCUT2D eigenvalue weighted by atomic mass is 32.2. The molecule has 0 spiro atoms. The molecule has 0 unspecified atom stereocenters. The predicted octanol–water partition coefficient (Wildman–Crippen LogP) is 4.72. The van der Waals surface area contributed by atoms with Gasteiger partial charge in [0.25, 0.3) is 0 Å². The molecule has 0 aliphatic heterocycles. The van der Waals surface area contributed by atoms with Crippen LogP contribution in [-0.4, -0.2) is 24.6 Å². The third-order valence-corrected chi connectivity index (χ3v) is 6.95. The van der Waals surface area contributed by atoms with E-state index in [4.69, 9.17) is 0 Å². The highest BCUT2D eigenvalue weighted by molar-refractivity contribution is 7.92. The van der Waals surface area contributed by atoms with Crippen molar-refractivity contribution in [2.75, 3.05) is 11.1 Å². The molecule has 1 aromatic heterocycles. The molecule has 0 saturated heterocycles. The minimum atomic E-state index is -3.83. The maximum atomic E-state index is 13.2. The Morgan fingerprint density at radius 1 is 0.935 bits per heavy atom. The molecule has 1 heterocycles. The number of amides is 1. The molecule has 0 aliphatic rings. The summed E-state index contributed by atoms with van der Waals surface area (Å²) >= 11 is 0. The van der Waals surface area contributed by atoms with Gasteiger partial charge in [-0.15, -0.1) is 0 Å². The SMILES string of the molecule is Cc1cccc(NC(=O)CS(=O)(=O)c2cn(Cc3ccccc3C)c3ccccc23)c1. The van der Waals surface area contributed by atoms with Gasteiger partial charge in [0, 0.05) is 29.3 Å². The third-order valence-electron chi connectivity index (χ3n) is 5.31. The molecule has 0 aliphatic carbocycles. The number of rotatable bonds is 6. The summed E-state index contributed by atoms with van der Waals surface area (Å²) in [6, 6.07) is 22.7. The lowest BCUT2D eigenvalue weighted by molar-refractivity contribution is -0.113. The molecule has 4 aromatic rings. The van der Waals surface area contributed by atoms with Crippen LogP contribution in [-0.2, 0) is 21.2 Å². The topological polar surface area (TPSA) is 68.2 Å². The van der Waals surface area contributed by atoms with E-state index in [1.54, 1.807) is 24.4 Å². The maximum absolute atomic E-state index is 13.2. The fourth-order valence-electron chi connectivity index (χ4n) is 3.73. The average molecular weight is 433 g/mol.